The Labute approximate surface area is 179 Å². The van der Waals surface area contributed by atoms with Crippen molar-refractivity contribution < 1.29 is 19.1 Å². The van der Waals surface area contributed by atoms with Crippen LogP contribution in [0, 0.1) is 6.92 Å². The fraction of sp³-hybridized carbons (Fsp3) is 0.417. The number of amides is 2. The van der Waals surface area contributed by atoms with Crippen molar-refractivity contribution in [3.05, 3.63) is 59.7 Å². The van der Waals surface area contributed by atoms with E-state index in [1.807, 2.05) is 45.0 Å². The lowest BCUT2D eigenvalue weighted by atomic mass is 10.1. The number of nitrogens with one attached hydrogen (secondary N) is 1. The number of carbonyl (C=O) groups is 2. The van der Waals surface area contributed by atoms with Crippen LogP contribution in [-0.4, -0.2) is 42.5 Å². The molecule has 2 aromatic carbocycles. The van der Waals surface area contributed by atoms with Gasteiger partial charge in [-0.15, -0.1) is 0 Å². The minimum atomic E-state index is -0.620. The molecule has 0 radical (unpaired) electrons. The number of methoxy groups -OCH3 is 1. The van der Waals surface area contributed by atoms with Gasteiger partial charge in [-0.05, 0) is 62.6 Å². The standard InChI is InChI=1S/C24H32N2O4/c1-6-18(3)25-24(28)19(4)26(15-20-10-8-7-9-17(20)2)23(27)16-30-22-13-11-21(29-5)12-14-22/h7-14,18-19H,6,15-16H2,1-5H3,(H,25,28)/t18-,19-/m0/s1. The number of carbonyl (C=O) groups excluding carboxylic acids is 2. The minimum Gasteiger partial charge on any atom is -0.497 e. The van der Waals surface area contributed by atoms with Crippen molar-refractivity contribution in [3.63, 3.8) is 0 Å². The third kappa shape index (κ3) is 6.51. The molecule has 0 spiro atoms. The molecular formula is C24H32N2O4. The van der Waals surface area contributed by atoms with Gasteiger partial charge in [0.1, 0.15) is 17.5 Å². The van der Waals surface area contributed by atoms with Gasteiger partial charge in [-0.1, -0.05) is 31.2 Å². The summed E-state index contributed by atoms with van der Waals surface area (Å²) in [7, 11) is 1.59. The largest absolute Gasteiger partial charge is 0.497 e. The first-order valence-electron chi connectivity index (χ1n) is 10.3. The summed E-state index contributed by atoms with van der Waals surface area (Å²) in [4.78, 5) is 27.3. The second kappa shape index (κ2) is 11.2. The molecule has 1 N–H and O–H groups in total. The van der Waals surface area contributed by atoms with E-state index in [-0.39, 0.29) is 24.5 Å². The van der Waals surface area contributed by atoms with E-state index >= 15 is 0 Å². The molecule has 0 saturated heterocycles. The Morgan fingerprint density at radius 1 is 1.03 bits per heavy atom. The lowest BCUT2D eigenvalue weighted by molar-refractivity contribution is -0.142. The molecule has 0 fully saturated rings. The number of rotatable bonds is 10. The molecule has 30 heavy (non-hydrogen) atoms. The number of ether oxygens (including phenoxy) is 2. The van der Waals surface area contributed by atoms with Crippen LogP contribution >= 0.6 is 0 Å². The van der Waals surface area contributed by atoms with Crippen LogP contribution in [0.2, 0.25) is 0 Å². The molecule has 0 bridgehead atoms. The van der Waals surface area contributed by atoms with Gasteiger partial charge in [-0.3, -0.25) is 9.59 Å². The van der Waals surface area contributed by atoms with Crippen LogP contribution in [0.5, 0.6) is 11.5 Å². The number of nitrogens with zero attached hydrogens (tertiary/aromatic N) is 1. The molecule has 2 aromatic rings. The summed E-state index contributed by atoms with van der Waals surface area (Å²) in [6.07, 6.45) is 0.824. The summed E-state index contributed by atoms with van der Waals surface area (Å²) in [6.45, 7) is 7.89. The Balaban J connectivity index is 2.14. The summed E-state index contributed by atoms with van der Waals surface area (Å²) >= 11 is 0. The molecular weight excluding hydrogens is 380 g/mol. The molecule has 2 atom stereocenters. The molecule has 2 rings (SSSR count). The first-order valence-corrected chi connectivity index (χ1v) is 10.3. The minimum absolute atomic E-state index is 0.0471. The lowest BCUT2D eigenvalue weighted by Gasteiger charge is -2.30. The number of hydrogen-bond acceptors (Lipinski definition) is 4. The maximum atomic E-state index is 13.1. The Bertz CT molecular complexity index is 835. The smallest absolute Gasteiger partial charge is 0.261 e. The third-order valence-corrected chi connectivity index (χ3v) is 5.19. The van der Waals surface area contributed by atoms with Crippen molar-refractivity contribution in [1.82, 2.24) is 10.2 Å². The third-order valence-electron chi connectivity index (χ3n) is 5.19. The first-order chi connectivity index (χ1) is 14.3. The van der Waals surface area contributed by atoms with E-state index in [0.29, 0.717) is 18.0 Å². The fourth-order valence-electron chi connectivity index (χ4n) is 2.92. The van der Waals surface area contributed by atoms with E-state index in [1.54, 1.807) is 43.2 Å². The van der Waals surface area contributed by atoms with E-state index in [9.17, 15) is 9.59 Å². The predicted octanol–water partition coefficient (Wildman–Crippen LogP) is 3.71. The summed E-state index contributed by atoms with van der Waals surface area (Å²) in [5.41, 5.74) is 2.07. The molecule has 2 amide bonds. The monoisotopic (exact) mass is 412 g/mol. The Morgan fingerprint density at radius 2 is 1.67 bits per heavy atom. The predicted molar refractivity (Wildman–Crippen MR) is 118 cm³/mol. The number of benzene rings is 2. The summed E-state index contributed by atoms with van der Waals surface area (Å²) in [5, 5.41) is 2.96. The quantitative estimate of drug-likeness (QED) is 0.646. The van der Waals surface area contributed by atoms with Crippen LogP contribution in [-0.2, 0) is 16.1 Å². The zero-order valence-electron chi connectivity index (χ0n) is 18.5. The molecule has 0 unspecified atom stereocenters. The average molecular weight is 413 g/mol. The van der Waals surface area contributed by atoms with E-state index < -0.39 is 6.04 Å². The van der Waals surface area contributed by atoms with Crippen LogP contribution in [0.1, 0.15) is 38.3 Å². The second-order valence-corrected chi connectivity index (χ2v) is 7.41. The maximum absolute atomic E-state index is 13.1. The van der Waals surface area contributed by atoms with Crippen molar-refractivity contribution in [2.24, 2.45) is 0 Å². The summed E-state index contributed by atoms with van der Waals surface area (Å²) in [5.74, 6) is 0.860. The van der Waals surface area contributed by atoms with Crippen LogP contribution in [0.15, 0.2) is 48.5 Å². The molecule has 0 aliphatic carbocycles. The van der Waals surface area contributed by atoms with Gasteiger partial charge in [-0.2, -0.15) is 0 Å². The van der Waals surface area contributed by atoms with Gasteiger partial charge in [0.25, 0.3) is 5.91 Å². The van der Waals surface area contributed by atoms with Crippen LogP contribution in [0.25, 0.3) is 0 Å². The van der Waals surface area contributed by atoms with Gasteiger partial charge in [0.05, 0.1) is 7.11 Å². The summed E-state index contributed by atoms with van der Waals surface area (Å²) in [6, 6.07) is 14.3. The van der Waals surface area contributed by atoms with Crippen molar-refractivity contribution in [1.29, 1.82) is 0 Å². The van der Waals surface area contributed by atoms with Crippen molar-refractivity contribution in [2.45, 2.75) is 52.7 Å². The highest BCUT2D eigenvalue weighted by atomic mass is 16.5. The van der Waals surface area contributed by atoms with Crippen molar-refractivity contribution in [2.75, 3.05) is 13.7 Å². The molecule has 0 aromatic heterocycles. The van der Waals surface area contributed by atoms with E-state index in [2.05, 4.69) is 5.32 Å². The fourth-order valence-corrected chi connectivity index (χ4v) is 2.92. The topological polar surface area (TPSA) is 67.9 Å². The molecule has 6 heteroatoms. The lowest BCUT2D eigenvalue weighted by Crippen LogP contribution is -2.50. The van der Waals surface area contributed by atoms with Gasteiger partial charge >= 0.3 is 0 Å². The molecule has 0 saturated carbocycles. The molecule has 162 valence electrons. The van der Waals surface area contributed by atoms with Crippen molar-refractivity contribution in [3.8, 4) is 11.5 Å². The van der Waals surface area contributed by atoms with E-state index in [1.165, 1.54) is 0 Å². The summed E-state index contributed by atoms with van der Waals surface area (Å²) < 4.78 is 10.8. The van der Waals surface area contributed by atoms with E-state index in [4.69, 9.17) is 9.47 Å². The van der Waals surface area contributed by atoms with E-state index in [0.717, 1.165) is 17.5 Å². The van der Waals surface area contributed by atoms with Crippen molar-refractivity contribution >= 4 is 11.8 Å². The van der Waals surface area contributed by atoms with Gasteiger partial charge in [0.2, 0.25) is 5.91 Å². The van der Waals surface area contributed by atoms with Gasteiger partial charge in [0.15, 0.2) is 6.61 Å². The maximum Gasteiger partial charge on any atom is 0.261 e. The highest BCUT2D eigenvalue weighted by Gasteiger charge is 2.27. The Kier molecular flexibility index (Phi) is 8.71. The molecule has 0 aliphatic heterocycles. The molecule has 0 heterocycles. The normalized spacial score (nSPS) is 12.6. The zero-order valence-corrected chi connectivity index (χ0v) is 18.5. The highest BCUT2D eigenvalue weighted by Crippen LogP contribution is 2.18. The van der Waals surface area contributed by atoms with Crippen LogP contribution in [0.3, 0.4) is 0 Å². The van der Waals surface area contributed by atoms with Gasteiger partial charge < -0.3 is 19.7 Å². The van der Waals surface area contributed by atoms with Gasteiger partial charge in [0, 0.05) is 12.6 Å². The first kappa shape index (κ1) is 23.3. The van der Waals surface area contributed by atoms with Gasteiger partial charge in [-0.25, -0.2) is 0 Å². The second-order valence-electron chi connectivity index (χ2n) is 7.41. The SMILES string of the molecule is CC[C@H](C)NC(=O)[C@H](C)N(Cc1ccccc1C)C(=O)COc1ccc(OC)cc1. The molecule has 6 nitrogen and oxygen atoms in total. The van der Waals surface area contributed by atoms with Crippen LogP contribution in [0.4, 0.5) is 0 Å². The average Bonchev–Trinajstić information content (AvgIpc) is 2.76. The number of aryl methyl sites for hydroxylation is 1. The zero-order chi connectivity index (χ0) is 22.1. The Hall–Kier alpha value is -3.02. The number of hydrogen-bond donors (Lipinski definition) is 1. The molecule has 0 aliphatic rings. The Morgan fingerprint density at radius 3 is 2.27 bits per heavy atom. The highest BCUT2D eigenvalue weighted by molar-refractivity contribution is 5.88. The van der Waals surface area contributed by atoms with Crippen LogP contribution < -0.4 is 14.8 Å².